The van der Waals surface area contributed by atoms with Crippen LogP contribution in [0.3, 0.4) is 0 Å². The van der Waals surface area contributed by atoms with E-state index in [2.05, 4.69) is 12.2 Å². The van der Waals surface area contributed by atoms with Gasteiger partial charge in [0.2, 0.25) is 0 Å². The fourth-order valence-electron chi connectivity index (χ4n) is 3.29. The predicted molar refractivity (Wildman–Crippen MR) is 74.6 cm³/mol. The number of hydrogen-bond acceptors (Lipinski definition) is 3. The maximum absolute atomic E-state index is 5.97. The van der Waals surface area contributed by atoms with Crippen LogP contribution in [0.2, 0.25) is 0 Å². The number of rotatable bonds is 6. The van der Waals surface area contributed by atoms with Crippen molar-refractivity contribution >= 4 is 23.2 Å². The Labute approximate surface area is 124 Å². The predicted octanol–water partition coefficient (Wildman–Crippen LogP) is 2.80. The lowest BCUT2D eigenvalue weighted by atomic mass is 9.93. The summed E-state index contributed by atoms with van der Waals surface area (Å²) in [4.78, 5) is 0. The van der Waals surface area contributed by atoms with E-state index in [9.17, 15) is 0 Å². The Hall–Kier alpha value is 0.200. The zero-order valence-electron chi connectivity index (χ0n) is 10.8. The molecule has 5 atom stereocenters. The number of ether oxygens (including phenoxy) is 3. The number of hydrogen-bond donors (Lipinski definition) is 0. The van der Waals surface area contributed by atoms with Gasteiger partial charge >= 0.3 is 0 Å². The zero-order valence-corrected chi connectivity index (χ0v) is 12.4. The van der Waals surface area contributed by atoms with Gasteiger partial charge in [0.25, 0.3) is 0 Å². The first-order valence-corrected chi connectivity index (χ1v) is 8.06. The normalized spacial score (nSPS) is 40.7. The van der Waals surface area contributed by atoms with Crippen LogP contribution in [0.4, 0.5) is 0 Å². The first-order valence-electron chi connectivity index (χ1n) is 6.99. The van der Waals surface area contributed by atoms with E-state index >= 15 is 0 Å². The minimum Gasteiger partial charge on any atom is -0.373 e. The molecule has 19 heavy (non-hydrogen) atoms. The van der Waals surface area contributed by atoms with E-state index in [1.807, 2.05) is 0 Å². The van der Waals surface area contributed by atoms with Gasteiger partial charge in [0.1, 0.15) is 6.10 Å². The van der Waals surface area contributed by atoms with Crippen LogP contribution in [0.5, 0.6) is 0 Å². The fraction of sp³-hybridized carbons (Fsp3) is 0.857. The Bertz CT molecular complexity index is 333. The smallest absolute Gasteiger partial charge is 0.161 e. The highest BCUT2D eigenvalue weighted by molar-refractivity contribution is 6.21. The third kappa shape index (κ3) is 3.11. The fourth-order valence-corrected chi connectivity index (χ4v) is 3.80. The molecule has 2 fully saturated rings. The largest absolute Gasteiger partial charge is 0.373 e. The Balaban J connectivity index is 1.44. The molecule has 0 unspecified atom stereocenters. The van der Waals surface area contributed by atoms with Gasteiger partial charge in [-0.05, 0) is 24.7 Å². The Morgan fingerprint density at radius 1 is 1.21 bits per heavy atom. The first-order chi connectivity index (χ1) is 9.30. The average Bonchev–Trinajstić information content (AvgIpc) is 3.15. The summed E-state index contributed by atoms with van der Waals surface area (Å²) >= 11 is 11.5. The Morgan fingerprint density at radius 2 is 2.05 bits per heavy atom. The van der Waals surface area contributed by atoms with E-state index in [1.54, 1.807) is 0 Å². The molecule has 0 aromatic carbocycles. The molecule has 0 amide bonds. The molecule has 0 N–H and O–H groups in total. The molecule has 1 heterocycles. The molecule has 3 nitrogen and oxygen atoms in total. The number of allylic oxidation sites excluding steroid dienone is 2. The summed E-state index contributed by atoms with van der Waals surface area (Å²) in [5, 5.41) is 0. The number of alkyl halides is 2. The van der Waals surface area contributed by atoms with Crippen molar-refractivity contribution in [3.8, 4) is 0 Å². The van der Waals surface area contributed by atoms with Crippen LogP contribution in [0.1, 0.15) is 12.8 Å². The van der Waals surface area contributed by atoms with Crippen molar-refractivity contribution in [2.24, 2.45) is 17.8 Å². The van der Waals surface area contributed by atoms with Gasteiger partial charge in [0.05, 0.1) is 19.3 Å². The molecule has 5 heteroatoms. The SMILES string of the molecule is ClCC(CCl)OC[C@@H]1CO[C@H]([C@@H]2C[C@H]3C=C[C@H]2C3)O1. The van der Waals surface area contributed by atoms with E-state index in [-0.39, 0.29) is 18.5 Å². The standard InChI is InChI=1S/C14H20Cl2O3/c15-5-11(6-16)17-7-12-8-18-14(19-12)13-4-9-1-2-10(13)3-9/h1-2,9-14H,3-8H2/t9-,10-,12+,13+,14-/m0/s1. The summed E-state index contributed by atoms with van der Waals surface area (Å²) in [6.07, 6.45) is 6.99. The van der Waals surface area contributed by atoms with Crippen molar-refractivity contribution in [3.63, 3.8) is 0 Å². The average molecular weight is 307 g/mol. The second-order valence-electron chi connectivity index (χ2n) is 5.67. The van der Waals surface area contributed by atoms with Gasteiger partial charge in [-0.3, -0.25) is 0 Å². The van der Waals surface area contributed by atoms with E-state index < -0.39 is 0 Å². The highest BCUT2D eigenvalue weighted by Crippen LogP contribution is 2.46. The molecule has 0 aromatic rings. The van der Waals surface area contributed by atoms with Gasteiger partial charge in [-0.1, -0.05) is 12.2 Å². The molecular formula is C14H20Cl2O3. The van der Waals surface area contributed by atoms with Crippen LogP contribution in [0.15, 0.2) is 12.2 Å². The van der Waals surface area contributed by atoms with Gasteiger partial charge in [-0.15, -0.1) is 23.2 Å². The van der Waals surface area contributed by atoms with Crippen molar-refractivity contribution in [1.29, 1.82) is 0 Å². The quantitative estimate of drug-likeness (QED) is 0.558. The number of halogens is 2. The molecule has 108 valence electrons. The highest BCUT2D eigenvalue weighted by Gasteiger charge is 2.44. The van der Waals surface area contributed by atoms with Crippen molar-refractivity contribution in [2.45, 2.75) is 31.3 Å². The van der Waals surface area contributed by atoms with Crippen LogP contribution in [0.25, 0.3) is 0 Å². The summed E-state index contributed by atoms with van der Waals surface area (Å²) < 4.78 is 17.4. The van der Waals surface area contributed by atoms with Gasteiger partial charge in [-0.2, -0.15) is 0 Å². The molecule has 3 aliphatic rings. The van der Waals surface area contributed by atoms with Crippen LogP contribution < -0.4 is 0 Å². The Morgan fingerprint density at radius 3 is 2.68 bits per heavy atom. The summed E-state index contributed by atoms with van der Waals surface area (Å²) in [6, 6.07) is 0. The maximum Gasteiger partial charge on any atom is 0.161 e. The van der Waals surface area contributed by atoms with Crippen LogP contribution in [-0.4, -0.2) is 43.5 Å². The van der Waals surface area contributed by atoms with Crippen LogP contribution in [0, 0.1) is 17.8 Å². The van der Waals surface area contributed by atoms with Gasteiger partial charge in [0, 0.05) is 17.7 Å². The minimum absolute atomic E-state index is 0.0158. The molecule has 1 aliphatic heterocycles. The summed E-state index contributed by atoms with van der Waals surface area (Å²) in [5.74, 6) is 2.74. The molecule has 0 radical (unpaired) electrons. The van der Waals surface area contributed by atoms with Crippen molar-refractivity contribution in [3.05, 3.63) is 12.2 Å². The van der Waals surface area contributed by atoms with Crippen LogP contribution >= 0.6 is 23.2 Å². The monoisotopic (exact) mass is 306 g/mol. The lowest BCUT2D eigenvalue weighted by Gasteiger charge is -2.24. The molecule has 0 spiro atoms. The third-order valence-corrected chi connectivity index (χ3v) is 5.00. The number of fused-ring (bicyclic) bond motifs is 2. The maximum atomic E-state index is 5.97. The summed E-state index contributed by atoms with van der Waals surface area (Å²) in [5.41, 5.74) is 0. The molecule has 1 saturated heterocycles. The molecule has 2 aliphatic carbocycles. The summed E-state index contributed by atoms with van der Waals surface area (Å²) in [6.45, 7) is 1.12. The third-order valence-electron chi connectivity index (χ3n) is 4.31. The second-order valence-corrected chi connectivity index (χ2v) is 6.29. The molecule has 3 rings (SSSR count). The Kier molecular flexibility index (Phi) is 4.70. The molecule has 2 bridgehead atoms. The topological polar surface area (TPSA) is 27.7 Å². The van der Waals surface area contributed by atoms with Gasteiger partial charge in [-0.25, -0.2) is 0 Å². The van der Waals surface area contributed by atoms with Gasteiger partial charge in [0.15, 0.2) is 6.29 Å². The molecular weight excluding hydrogens is 287 g/mol. The molecule has 0 aromatic heterocycles. The first kappa shape index (κ1) is 14.2. The summed E-state index contributed by atoms with van der Waals surface area (Å²) in [7, 11) is 0. The van der Waals surface area contributed by atoms with E-state index in [0.29, 0.717) is 36.8 Å². The van der Waals surface area contributed by atoms with Gasteiger partial charge < -0.3 is 14.2 Å². The minimum atomic E-state index is -0.101. The van der Waals surface area contributed by atoms with E-state index in [0.717, 1.165) is 5.92 Å². The molecule has 1 saturated carbocycles. The lowest BCUT2D eigenvalue weighted by Crippen LogP contribution is -2.28. The van der Waals surface area contributed by atoms with E-state index in [4.69, 9.17) is 37.4 Å². The highest BCUT2D eigenvalue weighted by atomic mass is 35.5. The zero-order chi connectivity index (χ0) is 13.2. The van der Waals surface area contributed by atoms with Crippen molar-refractivity contribution < 1.29 is 14.2 Å². The second kappa shape index (κ2) is 6.31. The lowest BCUT2D eigenvalue weighted by molar-refractivity contribution is -0.113. The van der Waals surface area contributed by atoms with Crippen molar-refractivity contribution in [1.82, 2.24) is 0 Å². The van der Waals surface area contributed by atoms with Crippen molar-refractivity contribution in [2.75, 3.05) is 25.0 Å². The van der Waals surface area contributed by atoms with E-state index in [1.165, 1.54) is 12.8 Å². The van der Waals surface area contributed by atoms with Crippen LogP contribution in [-0.2, 0) is 14.2 Å².